The van der Waals surface area contributed by atoms with Crippen molar-refractivity contribution in [2.24, 2.45) is 11.7 Å². The summed E-state index contributed by atoms with van der Waals surface area (Å²) in [5, 5.41) is 2.92. The first-order chi connectivity index (χ1) is 13.4. The number of hydrogen-bond acceptors (Lipinski definition) is 8. The molecular formula is C19H28ClN7O2. The molecule has 1 aliphatic rings. The minimum atomic E-state index is -0.0274. The van der Waals surface area contributed by atoms with Crippen molar-refractivity contribution in [3.63, 3.8) is 0 Å². The van der Waals surface area contributed by atoms with E-state index in [1.807, 2.05) is 26.2 Å². The normalized spacial score (nSPS) is 18.0. The lowest BCUT2D eigenvalue weighted by atomic mass is 10.00. The Morgan fingerprint density at radius 2 is 2.07 bits per heavy atom. The zero-order valence-electron chi connectivity index (χ0n) is 16.7. The van der Waals surface area contributed by atoms with Crippen LogP contribution in [0.3, 0.4) is 0 Å². The molecule has 1 aromatic carbocycles. The largest absolute Gasteiger partial charge is 0.486 e. The number of aromatic nitrogens is 3. The average molecular weight is 422 g/mol. The predicted octanol–water partition coefficient (Wildman–Crippen LogP) is 1.98. The number of nitrogens with zero attached hydrogens (tertiary/aromatic N) is 4. The molecule has 1 heterocycles. The van der Waals surface area contributed by atoms with Crippen LogP contribution in [0.2, 0.25) is 0 Å². The summed E-state index contributed by atoms with van der Waals surface area (Å²) in [6.07, 6.45) is 3.56. The van der Waals surface area contributed by atoms with E-state index in [0.29, 0.717) is 29.6 Å². The number of nitrogens with two attached hydrogens (primary N) is 2. The Hall–Kier alpha value is -2.65. The predicted molar refractivity (Wildman–Crippen MR) is 115 cm³/mol. The van der Waals surface area contributed by atoms with Gasteiger partial charge in [-0.25, -0.2) is 0 Å². The molecule has 5 N–H and O–H groups in total. The first-order valence-electron chi connectivity index (χ1n) is 9.37. The third-order valence-electron chi connectivity index (χ3n) is 4.74. The van der Waals surface area contributed by atoms with Crippen LogP contribution in [-0.4, -0.2) is 41.0 Å². The molecule has 9 nitrogen and oxygen atoms in total. The second-order valence-electron chi connectivity index (χ2n) is 7.23. The SMILES string of the molecule is CN(C)c1nc(N)nc(COc2cccc(NC(=O)C[C@@H]3CCC[C@H]3N)c2)n1.Cl. The van der Waals surface area contributed by atoms with Gasteiger partial charge in [-0.05, 0) is 30.9 Å². The van der Waals surface area contributed by atoms with Gasteiger partial charge in [0.25, 0.3) is 0 Å². The molecular weight excluding hydrogens is 394 g/mol. The van der Waals surface area contributed by atoms with E-state index in [-0.39, 0.29) is 42.8 Å². The van der Waals surface area contributed by atoms with Crippen LogP contribution in [0.15, 0.2) is 24.3 Å². The van der Waals surface area contributed by atoms with Crippen molar-refractivity contribution in [1.29, 1.82) is 0 Å². The smallest absolute Gasteiger partial charge is 0.230 e. The first kappa shape index (κ1) is 22.6. The van der Waals surface area contributed by atoms with E-state index in [1.54, 1.807) is 17.0 Å². The number of carbonyl (C=O) groups is 1. The summed E-state index contributed by atoms with van der Waals surface area (Å²) < 4.78 is 5.76. The highest BCUT2D eigenvalue weighted by molar-refractivity contribution is 5.91. The molecule has 10 heteroatoms. The van der Waals surface area contributed by atoms with Gasteiger partial charge in [-0.15, -0.1) is 12.4 Å². The van der Waals surface area contributed by atoms with Crippen molar-refractivity contribution in [2.45, 2.75) is 38.3 Å². The van der Waals surface area contributed by atoms with Gasteiger partial charge in [0.1, 0.15) is 12.4 Å². The van der Waals surface area contributed by atoms with Crippen LogP contribution in [-0.2, 0) is 11.4 Å². The minimum absolute atomic E-state index is 0. The zero-order chi connectivity index (χ0) is 20.1. The zero-order valence-corrected chi connectivity index (χ0v) is 17.5. The van der Waals surface area contributed by atoms with Crippen molar-refractivity contribution in [2.75, 3.05) is 30.0 Å². The number of nitrogens with one attached hydrogen (secondary N) is 1. The molecule has 1 amide bonds. The number of hydrogen-bond donors (Lipinski definition) is 3. The van der Waals surface area contributed by atoms with E-state index < -0.39 is 0 Å². The molecule has 3 rings (SSSR count). The number of carbonyl (C=O) groups excluding carboxylic acids is 1. The monoisotopic (exact) mass is 421 g/mol. The Kier molecular flexibility index (Phi) is 7.98. The third kappa shape index (κ3) is 6.43. The number of amides is 1. The topological polar surface area (TPSA) is 132 Å². The molecule has 0 radical (unpaired) electrons. The molecule has 1 aromatic heterocycles. The summed E-state index contributed by atoms with van der Waals surface area (Å²) in [5.74, 6) is 1.88. The second-order valence-corrected chi connectivity index (χ2v) is 7.23. The molecule has 0 unspecified atom stereocenters. The van der Waals surface area contributed by atoms with E-state index in [4.69, 9.17) is 16.2 Å². The van der Waals surface area contributed by atoms with Gasteiger partial charge in [-0.1, -0.05) is 12.5 Å². The number of rotatable bonds is 7. The Balaban J connectivity index is 0.00000300. The summed E-state index contributed by atoms with van der Waals surface area (Å²) in [5.41, 5.74) is 12.5. The highest BCUT2D eigenvalue weighted by Gasteiger charge is 2.26. The van der Waals surface area contributed by atoms with Crippen LogP contribution >= 0.6 is 12.4 Å². The summed E-state index contributed by atoms with van der Waals surface area (Å²) in [4.78, 5) is 26.5. The van der Waals surface area contributed by atoms with Crippen molar-refractivity contribution in [1.82, 2.24) is 15.0 Å². The molecule has 0 bridgehead atoms. The van der Waals surface area contributed by atoms with E-state index in [1.165, 1.54) is 0 Å². The molecule has 29 heavy (non-hydrogen) atoms. The molecule has 0 aliphatic heterocycles. The molecule has 1 fully saturated rings. The molecule has 0 saturated heterocycles. The summed E-state index contributed by atoms with van der Waals surface area (Å²) in [6, 6.07) is 7.34. The van der Waals surface area contributed by atoms with Gasteiger partial charge in [0.05, 0.1) is 0 Å². The standard InChI is InChI=1S/C19H27N7O2.ClH/c1-26(2)19-24-16(23-18(21)25-19)11-28-14-7-4-6-13(10-14)22-17(27)9-12-5-3-8-15(12)20;/h4,6-7,10,12,15H,3,5,8-9,11,20H2,1-2H3,(H,22,27)(H2,21,23,24,25);1H/t12-,15+;/m0./s1. The fourth-order valence-corrected chi connectivity index (χ4v) is 3.27. The maximum absolute atomic E-state index is 12.3. The average Bonchev–Trinajstić information content (AvgIpc) is 3.04. The summed E-state index contributed by atoms with van der Waals surface area (Å²) in [7, 11) is 3.65. The number of ether oxygens (including phenoxy) is 1. The number of anilines is 3. The maximum Gasteiger partial charge on any atom is 0.230 e. The highest BCUT2D eigenvalue weighted by atomic mass is 35.5. The van der Waals surface area contributed by atoms with Crippen molar-refractivity contribution in [3.05, 3.63) is 30.1 Å². The van der Waals surface area contributed by atoms with Crippen LogP contribution in [0, 0.1) is 5.92 Å². The fraction of sp³-hybridized carbons (Fsp3) is 0.474. The highest BCUT2D eigenvalue weighted by Crippen LogP contribution is 2.27. The molecule has 0 spiro atoms. The van der Waals surface area contributed by atoms with Gasteiger partial charge in [0, 0.05) is 38.3 Å². The Morgan fingerprint density at radius 1 is 1.28 bits per heavy atom. The van der Waals surface area contributed by atoms with Gasteiger partial charge in [0.15, 0.2) is 5.82 Å². The van der Waals surface area contributed by atoms with Crippen LogP contribution < -0.4 is 26.4 Å². The van der Waals surface area contributed by atoms with Crippen LogP contribution in [0.4, 0.5) is 17.6 Å². The molecule has 2 aromatic rings. The molecule has 2 atom stereocenters. The quantitative estimate of drug-likeness (QED) is 0.618. The van der Waals surface area contributed by atoms with Gasteiger partial charge in [0.2, 0.25) is 17.8 Å². The van der Waals surface area contributed by atoms with Crippen LogP contribution in [0.5, 0.6) is 5.75 Å². The third-order valence-corrected chi connectivity index (χ3v) is 4.74. The number of halogens is 1. The van der Waals surface area contributed by atoms with Gasteiger partial charge >= 0.3 is 0 Å². The molecule has 158 valence electrons. The van der Waals surface area contributed by atoms with E-state index in [0.717, 1.165) is 19.3 Å². The van der Waals surface area contributed by atoms with Crippen molar-refractivity contribution < 1.29 is 9.53 Å². The number of benzene rings is 1. The molecule has 1 aliphatic carbocycles. The minimum Gasteiger partial charge on any atom is -0.486 e. The van der Waals surface area contributed by atoms with Gasteiger partial charge in [-0.2, -0.15) is 15.0 Å². The van der Waals surface area contributed by atoms with Crippen molar-refractivity contribution >= 4 is 35.9 Å². The summed E-state index contributed by atoms with van der Waals surface area (Å²) >= 11 is 0. The second kappa shape index (κ2) is 10.2. The van der Waals surface area contributed by atoms with Crippen molar-refractivity contribution in [3.8, 4) is 5.75 Å². The Labute approximate surface area is 176 Å². The van der Waals surface area contributed by atoms with E-state index in [2.05, 4.69) is 20.3 Å². The van der Waals surface area contributed by atoms with Crippen LogP contribution in [0.1, 0.15) is 31.5 Å². The molecule has 1 saturated carbocycles. The first-order valence-corrected chi connectivity index (χ1v) is 9.37. The lowest BCUT2D eigenvalue weighted by Crippen LogP contribution is -2.28. The Morgan fingerprint density at radius 3 is 2.76 bits per heavy atom. The van der Waals surface area contributed by atoms with Gasteiger partial charge < -0.3 is 26.4 Å². The lowest BCUT2D eigenvalue weighted by Gasteiger charge is -2.15. The number of nitrogen functional groups attached to an aromatic ring is 1. The lowest BCUT2D eigenvalue weighted by molar-refractivity contribution is -0.117. The van der Waals surface area contributed by atoms with Crippen LogP contribution in [0.25, 0.3) is 0 Å². The fourth-order valence-electron chi connectivity index (χ4n) is 3.27. The van der Waals surface area contributed by atoms with Gasteiger partial charge in [-0.3, -0.25) is 4.79 Å². The maximum atomic E-state index is 12.3. The Bertz CT molecular complexity index is 834. The summed E-state index contributed by atoms with van der Waals surface area (Å²) in [6.45, 7) is 0.141. The van der Waals surface area contributed by atoms with E-state index in [9.17, 15) is 4.79 Å². The van der Waals surface area contributed by atoms with E-state index >= 15 is 0 Å².